The van der Waals surface area contributed by atoms with Gasteiger partial charge in [0.2, 0.25) is 0 Å². The molecule has 2 heterocycles. The second kappa shape index (κ2) is 6.45. The van der Waals surface area contributed by atoms with Crippen LogP contribution in [0.5, 0.6) is 0 Å². The molecular formula is C14H19BrF3N3O2S. The Kier molecular flexibility index (Phi) is 5.23. The summed E-state index contributed by atoms with van der Waals surface area (Å²) in [6.45, 7) is 8.12. The van der Waals surface area contributed by atoms with Gasteiger partial charge >= 0.3 is 12.3 Å². The van der Waals surface area contributed by atoms with Gasteiger partial charge in [-0.05, 0) is 43.6 Å². The molecule has 2 rings (SSSR count). The fourth-order valence-corrected chi connectivity index (χ4v) is 4.38. The zero-order valence-electron chi connectivity index (χ0n) is 13.8. The van der Waals surface area contributed by atoms with E-state index in [4.69, 9.17) is 4.74 Å². The first kappa shape index (κ1) is 19.5. The number of ether oxygens (including phenoxy) is 1. The quantitative estimate of drug-likeness (QED) is 0.733. The predicted octanol–water partition coefficient (Wildman–Crippen LogP) is 3.98. The van der Waals surface area contributed by atoms with Crippen LogP contribution in [-0.2, 0) is 16.5 Å². The van der Waals surface area contributed by atoms with Gasteiger partial charge in [0, 0.05) is 19.6 Å². The second-order valence-electron chi connectivity index (χ2n) is 6.72. The molecule has 1 aromatic rings. The van der Waals surface area contributed by atoms with Crippen molar-refractivity contribution >= 4 is 33.4 Å². The molecule has 1 atom stereocenters. The van der Waals surface area contributed by atoms with Crippen LogP contribution in [0.3, 0.4) is 0 Å². The second-order valence-corrected chi connectivity index (χ2v) is 8.47. The summed E-state index contributed by atoms with van der Waals surface area (Å²) in [6.07, 6.45) is -5.08. The monoisotopic (exact) mass is 429 g/mol. The van der Waals surface area contributed by atoms with Crippen LogP contribution in [0.2, 0.25) is 0 Å². The van der Waals surface area contributed by atoms with Gasteiger partial charge in [0.25, 0.3) is 0 Å². The van der Waals surface area contributed by atoms with Gasteiger partial charge in [0.05, 0.1) is 10.4 Å². The van der Waals surface area contributed by atoms with Crippen molar-refractivity contribution in [2.45, 2.75) is 45.0 Å². The summed E-state index contributed by atoms with van der Waals surface area (Å²) in [5.74, 6) is 0. The van der Waals surface area contributed by atoms with Gasteiger partial charge in [0.15, 0.2) is 5.01 Å². The molecule has 1 fully saturated rings. The Morgan fingerprint density at radius 2 is 2.04 bits per heavy atom. The SMILES string of the molecule is CC(C)(C)OC(=O)N1CCNCC1(C)c1sc(C(F)(F)F)nc1Br. The van der Waals surface area contributed by atoms with Crippen molar-refractivity contribution in [3.63, 3.8) is 0 Å². The maximum absolute atomic E-state index is 13.0. The van der Waals surface area contributed by atoms with Gasteiger partial charge < -0.3 is 10.1 Å². The number of nitrogens with zero attached hydrogens (tertiary/aromatic N) is 2. The first-order valence-electron chi connectivity index (χ1n) is 7.30. The van der Waals surface area contributed by atoms with Crippen LogP contribution in [-0.4, -0.2) is 41.2 Å². The molecule has 136 valence electrons. The molecule has 24 heavy (non-hydrogen) atoms. The third-order valence-corrected chi connectivity index (χ3v) is 5.70. The average molecular weight is 430 g/mol. The Balaban J connectivity index is 2.41. The van der Waals surface area contributed by atoms with Crippen LogP contribution in [0.4, 0.5) is 18.0 Å². The lowest BCUT2D eigenvalue weighted by Gasteiger charge is -2.44. The number of alkyl halides is 3. The number of nitrogens with one attached hydrogen (secondary N) is 1. The molecule has 0 saturated carbocycles. The van der Waals surface area contributed by atoms with E-state index >= 15 is 0 Å². The molecule has 0 spiro atoms. The van der Waals surface area contributed by atoms with Crippen molar-refractivity contribution in [3.05, 3.63) is 14.5 Å². The molecule has 5 nitrogen and oxygen atoms in total. The standard InChI is InChI=1S/C14H19BrF3N3O2S/c1-12(2,3)23-11(22)21-6-5-19-7-13(21,4)8-9(15)20-10(24-8)14(16,17)18/h19H,5-7H2,1-4H3. The Morgan fingerprint density at radius 3 is 2.54 bits per heavy atom. The number of hydrogen-bond acceptors (Lipinski definition) is 5. The van der Waals surface area contributed by atoms with Crippen molar-refractivity contribution in [1.29, 1.82) is 0 Å². The minimum absolute atomic E-state index is 0.0968. The molecule has 1 unspecified atom stereocenters. The maximum atomic E-state index is 13.0. The molecule has 1 aliphatic heterocycles. The van der Waals surface area contributed by atoms with Crippen LogP contribution in [0, 0.1) is 0 Å². The predicted molar refractivity (Wildman–Crippen MR) is 88.0 cm³/mol. The third-order valence-electron chi connectivity index (χ3n) is 3.51. The minimum atomic E-state index is -4.53. The Morgan fingerprint density at radius 1 is 1.42 bits per heavy atom. The molecule has 1 saturated heterocycles. The van der Waals surface area contributed by atoms with E-state index in [0.29, 0.717) is 35.8 Å². The highest BCUT2D eigenvalue weighted by molar-refractivity contribution is 9.10. The zero-order chi connectivity index (χ0) is 18.3. The number of rotatable bonds is 1. The number of hydrogen-bond donors (Lipinski definition) is 1. The number of amides is 1. The van der Waals surface area contributed by atoms with Crippen LogP contribution >= 0.6 is 27.3 Å². The fourth-order valence-electron chi connectivity index (χ4n) is 2.43. The summed E-state index contributed by atoms with van der Waals surface area (Å²) in [5.41, 5.74) is -1.68. The van der Waals surface area contributed by atoms with E-state index in [1.54, 1.807) is 27.7 Å². The lowest BCUT2D eigenvalue weighted by Crippen LogP contribution is -2.60. The van der Waals surface area contributed by atoms with Gasteiger partial charge in [0.1, 0.15) is 10.2 Å². The minimum Gasteiger partial charge on any atom is -0.444 e. The first-order valence-corrected chi connectivity index (χ1v) is 8.91. The van der Waals surface area contributed by atoms with Crippen LogP contribution < -0.4 is 5.32 Å². The van der Waals surface area contributed by atoms with Crippen LogP contribution in [0.15, 0.2) is 4.60 Å². The van der Waals surface area contributed by atoms with Crippen molar-refractivity contribution < 1.29 is 22.7 Å². The normalized spacial score (nSPS) is 22.6. The molecule has 10 heteroatoms. The molecule has 1 aliphatic rings. The van der Waals surface area contributed by atoms with Gasteiger partial charge in [-0.15, -0.1) is 11.3 Å². The van der Waals surface area contributed by atoms with Gasteiger partial charge in [-0.1, -0.05) is 0 Å². The summed E-state index contributed by atoms with van der Waals surface area (Å²) in [5, 5.41) is 2.18. The number of halogens is 4. The average Bonchev–Trinajstić information content (AvgIpc) is 2.79. The smallest absolute Gasteiger partial charge is 0.443 e. The van der Waals surface area contributed by atoms with Crippen molar-refractivity contribution in [1.82, 2.24) is 15.2 Å². The topological polar surface area (TPSA) is 54.5 Å². The number of thiazole rings is 1. The Labute approximate surface area is 150 Å². The Hall–Kier alpha value is -0.870. The molecule has 0 radical (unpaired) electrons. The maximum Gasteiger partial charge on any atom is 0.443 e. The van der Waals surface area contributed by atoms with E-state index in [-0.39, 0.29) is 4.60 Å². The summed E-state index contributed by atoms with van der Waals surface area (Å²) in [7, 11) is 0. The molecule has 1 aromatic heterocycles. The molecule has 1 amide bonds. The summed E-state index contributed by atoms with van der Waals surface area (Å²) in [4.78, 5) is 17.9. The van der Waals surface area contributed by atoms with Crippen LogP contribution in [0.25, 0.3) is 0 Å². The van der Waals surface area contributed by atoms with E-state index in [1.165, 1.54) is 4.90 Å². The van der Waals surface area contributed by atoms with E-state index in [1.807, 2.05) is 0 Å². The summed E-state index contributed by atoms with van der Waals surface area (Å²) in [6, 6.07) is 0. The molecule has 0 aliphatic carbocycles. The third kappa shape index (κ3) is 4.02. The molecule has 0 aromatic carbocycles. The highest BCUT2D eigenvalue weighted by Crippen LogP contribution is 2.43. The van der Waals surface area contributed by atoms with Crippen molar-refractivity contribution in [2.24, 2.45) is 0 Å². The number of aromatic nitrogens is 1. The summed E-state index contributed by atoms with van der Waals surface area (Å²) < 4.78 is 44.4. The fraction of sp³-hybridized carbons (Fsp3) is 0.714. The summed E-state index contributed by atoms with van der Waals surface area (Å²) >= 11 is 3.65. The van der Waals surface area contributed by atoms with E-state index < -0.39 is 28.4 Å². The number of carbonyl (C=O) groups excluding carboxylic acids is 1. The van der Waals surface area contributed by atoms with E-state index in [9.17, 15) is 18.0 Å². The van der Waals surface area contributed by atoms with E-state index in [2.05, 4.69) is 26.2 Å². The molecule has 0 bridgehead atoms. The first-order chi connectivity index (χ1) is 10.8. The Bertz CT molecular complexity index is 630. The number of carbonyl (C=O) groups is 1. The highest BCUT2D eigenvalue weighted by atomic mass is 79.9. The van der Waals surface area contributed by atoms with E-state index in [0.717, 1.165) is 0 Å². The van der Waals surface area contributed by atoms with Crippen molar-refractivity contribution in [2.75, 3.05) is 19.6 Å². The van der Waals surface area contributed by atoms with Gasteiger partial charge in [-0.25, -0.2) is 9.78 Å². The van der Waals surface area contributed by atoms with Gasteiger partial charge in [-0.3, -0.25) is 4.90 Å². The number of piperazine rings is 1. The lowest BCUT2D eigenvalue weighted by atomic mass is 9.96. The molecule has 1 N–H and O–H groups in total. The largest absolute Gasteiger partial charge is 0.444 e. The lowest BCUT2D eigenvalue weighted by molar-refractivity contribution is -0.137. The van der Waals surface area contributed by atoms with Gasteiger partial charge in [-0.2, -0.15) is 13.2 Å². The van der Waals surface area contributed by atoms with Crippen molar-refractivity contribution in [3.8, 4) is 0 Å². The highest BCUT2D eigenvalue weighted by Gasteiger charge is 2.46. The molecular weight excluding hydrogens is 411 g/mol. The van der Waals surface area contributed by atoms with Crippen LogP contribution in [0.1, 0.15) is 37.6 Å². The zero-order valence-corrected chi connectivity index (χ0v) is 16.2.